The molecule has 1 aliphatic heterocycles. The highest BCUT2D eigenvalue weighted by molar-refractivity contribution is 6.42. The zero-order valence-electron chi connectivity index (χ0n) is 26.7. The number of para-hydroxylation sites is 1. The van der Waals surface area contributed by atoms with Crippen molar-refractivity contribution in [2.45, 2.75) is 49.7 Å². The molecule has 0 saturated carbocycles. The molecule has 1 fully saturated rings. The van der Waals surface area contributed by atoms with Crippen LogP contribution in [0.2, 0.25) is 10.0 Å². The summed E-state index contributed by atoms with van der Waals surface area (Å²) in [6, 6.07) is 24.6. The fourth-order valence-corrected chi connectivity index (χ4v) is 6.22. The molecule has 0 bridgehead atoms. The molecule has 1 aliphatic rings. The number of aliphatic hydroxyl groups is 1. The van der Waals surface area contributed by atoms with Gasteiger partial charge in [-0.2, -0.15) is 26.3 Å². The van der Waals surface area contributed by atoms with Crippen molar-refractivity contribution < 1.29 is 41.0 Å². The van der Waals surface area contributed by atoms with E-state index < -0.39 is 41.6 Å². The van der Waals surface area contributed by atoms with Crippen molar-refractivity contribution in [1.29, 1.82) is 0 Å². The van der Waals surface area contributed by atoms with Crippen LogP contribution in [0.3, 0.4) is 0 Å². The molecule has 1 saturated heterocycles. The molecule has 1 atom stereocenters. The zero-order chi connectivity index (χ0) is 35.9. The molecule has 0 aromatic heterocycles. The van der Waals surface area contributed by atoms with Crippen molar-refractivity contribution >= 4 is 28.9 Å². The van der Waals surface area contributed by atoms with Crippen LogP contribution in [0, 0.1) is 0 Å². The van der Waals surface area contributed by atoms with Gasteiger partial charge in [0.05, 0.1) is 45.7 Å². The normalized spacial score (nSPS) is 16.3. The Labute approximate surface area is 296 Å². The topological polar surface area (TPSA) is 54.3 Å². The second-order valence-electron chi connectivity index (χ2n) is 12.1. The van der Waals surface area contributed by atoms with Gasteiger partial charge in [-0.1, -0.05) is 83.0 Å². The summed E-state index contributed by atoms with van der Waals surface area (Å²) in [4.78, 5) is 7.94. The number of likely N-dealkylation sites (tertiary alicyclic amines) is 1. The third-order valence-electron chi connectivity index (χ3n) is 8.65. The van der Waals surface area contributed by atoms with Gasteiger partial charge in [-0.15, -0.1) is 0 Å². The summed E-state index contributed by atoms with van der Waals surface area (Å²) in [6.07, 6.45) is -8.48. The van der Waals surface area contributed by atoms with Crippen LogP contribution in [-0.2, 0) is 29.3 Å². The van der Waals surface area contributed by atoms with Crippen molar-refractivity contribution in [3.63, 3.8) is 0 Å². The second kappa shape index (κ2) is 16.2. The molecule has 1 N–H and O–H groups in total. The standard InChI is InChI=1S/C37H34Cl2F6N2O3/c38-32-12-11-26(21-33(32)39)31(13-16-47-17-14-35(48,15-18-47)27-7-3-1-4-8-27)34(46-50-30-9-5-2-6-10-30)24-49-23-25-19-28(36(40,41)42)22-29(20-25)37(43,44)45/h1-12,19-22,31,48H,13-18,23-24H2/b46-34+. The monoisotopic (exact) mass is 738 g/mol. The van der Waals surface area contributed by atoms with E-state index in [1.165, 1.54) is 0 Å². The van der Waals surface area contributed by atoms with Crippen molar-refractivity contribution in [3.05, 3.63) is 135 Å². The first-order valence-electron chi connectivity index (χ1n) is 15.8. The van der Waals surface area contributed by atoms with Crippen LogP contribution in [-0.4, -0.2) is 42.0 Å². The summed E-state index contributed by atoms with van der Waals surface area (Å²) in [7, 11) is 0. The van der Waals surface area contributed by atoms with Crippen LogP contribution in [0.25, 0.3) is 0 Å². The number of hydrogen-bond acceptors (Lipinski definition) is 5. The van der Waals surface area contributed by atoms with Crippen LogP contribution in [0.4, 0.5) is 26.3 Å². The maximum Gasteiger partial charge on any atom is 0.416 e. The number of ether oxygens (including phenoxy) is 1. The number of alkyl halides is 6. The molecule has 0 amide bonds. The lowest BCUT2D eigenvalue weighted by Crippen LogP contribution is -2.43. The van der Waals surface area contributed by atoms with Crippen LogP contribution in [0.15, 0.2) is 102 Å². The Hall–Kier alpha value is -3.61. The minimum atomic E-state index is -4.99. The molecule has 5 rings (SSSR count). The first-order chi connectivity index (χ1) is 23.7. The average molecular weight is 740 g/mol. The molecular formula is C37H34Cl2F6N2O3. The molecular weight excluding hydrogens is 705 g/mol. The maximum atomic E-state index is 13.5. The molecule has 50 heavy (non-hydrogen) atoms. The van der Waals surface area contributed by atoms with Crippen molar-refractivity contribution in [3.8, 4) is 5.75 Å². The maximum absolute atomic E-state index is 13.5. The molecule has 266 valence electrons. The van der Waals surface area contributed by atoms with E-state index in [2.05, 4.69) is 10.1 Å². The van der Waals surface area contributed by atoms with Gasteiger partial charge < -0.3 is 19.6 Å². The summed E-state index contributed by atoms with van der Waals surface area (Å²) >= 11 is 12.6. The number of nitrogens with zero attached hydrogens (tertiary/aromatic N) is 2. The highest BCUT2D eigenvalue weighted by atomic mass is 35.5. The van der Waals surface area contributed by atoms with Crippen molar-refractivity contribution in [2.24, 2.45) is 5.16 Å². The summed E-state index contributed by atoms with van der Waals surface area (Å²) in [5.41, 5.74) is -2.21. The van der Waals surface area contributed by atoms with E-state index in [0.29, 0.717) is 73.1 Å². The average Bonchev–Trinajstić information content (AvgIpc) is 3.09. The molecule has 0 spiro atoms. The molecule has 13 heteroatoms. The molecule has 0 aliphatic carbocycles. The Bertz CT molecular complexity index is 1710. The number of halogens is 8. The van der Waals surface area contributed by atoms with Gasteiger partial charge in [-0.25, -0.2) is 0 Å². The Morgan fingerprint density at radius 3 is 1.98 bits per heavy atom. The molecule has 0 radical (unpaired) electrons. The molecule has 4 aromatic carbocycles. The second-order valence-corrected chi connectivity index (χ2v) is 13.0. The predicted octanol–water partition coefficient (Wildman–Crippen LogP) is 10.1. The Balaban J connectivity index is 1.39. The largest absolute Gasteiger partial charge is 0.416 e. The van der Waals surface area contributed by atoms with E-state index >= 15 is 0 Å². The SMILES string of the molecule is OC1(c2ccccc2)CCN(CCC(/C(COCc2cc(C(F)(F)F)cc(C(F)(F)F)c2)=N/Oc2ccccc2)c2ccc(Cl)c(Cl)c2)CC1. The van der Waals surface area contributed by atoms with Crippen LogP contribution < -0.4 is 4.84 Å². The lowest BCUT2D eigenvalue weighted by atomic mass is 9.84. The number of hydrogen-bond donors (Lipinski definition) is 1. The van der Waals surface area contributed by atoms with E-state index in [4.69, 9.17) is 32.8 Å². The first-order valence-corrected chi connectivity index (χ1v) is 16.6. The fourth-order valence-electron chi connectivity index (χ4n) is 5.91. The third kappa shape index (κ3) is 10.0. The van der Waals surface area contributed by atoms with Gasteiger partial charge in [0.2, 0.25) is 0 Å². The van der Waals surface area contributed by atoms with Gasteiger partial charge in [0.15, 0.2) is 5.75 Å². The van der Waals surface area contributed by atoms with E-state index in [1.54, 1.807) is 48.5 Å². The minimum Gasteiger partial charge on any atom is -0.385 e. The van der Waals surface area contributed by atoms with Gasteiger partial charge >= 0.3 is 12.4 Å². The predicted molar refractivity (Wildman–Crippen MR) is 180 cm³/mol. The summed E-state index contributed by atoms with van der Waals surface area (Å²) in [5.74, 6) is -0.0996. The van der Waals surface area contributed by atoms with E-state index in [9.17, 15) is 31.4 Å². The summed E-state index contributed by atoms with van der Waals surface area (Å²) in [5, 5.41) is 16.3. The van der Waals surface area contributed by atoms with Crippen molar-refractivity contribution in [1.82, 2.24) is 4.90 Å². The number of oxime groups is 1. The van der Waals surface area contributed by atoms with Crippen molar-refractivity contribution in [2.75, 3.05) is 26.2 Å². The third-order valence-corrected chi connectivity index (χ3v) is 9.39. The molecule has 1 heterocycles. The molecule has 5 nitrogen and oxygen atoms in total. The summed E-state index contributed by atoms with van der Waals surface area (Å²) in [6.45, 7) is 0.932. The van der Waals surface area contributed by atoms with E-state index in [-0.39, 0.29) is 23.3 Å². The summed E-state index contributed by atoms with van der Waals surface area (Å²) < 4.78 is 86.7. The quantitative estimate of drug-likeness (QED) is 0.0893. The van der Waals surface area contributed by atoms with Gasteiger partial charge in [0.25, 0.3) is 0 Å². The van der Waals surface area contributed by atoms with E-state index in [1.807, 2.05) is 30.3 Å². The Kier molecular flexibility index (Phi) is 12.2. The van der Waals surface area contributed by atoms with Gasteiger partial charge in [-0.3, -0.25) is 0 Å². The number of piperidine rings is 1. The highest BCUT2D eigenvalue weighted by Gasteiger charge is 2.37. The Morgan fingerprint density at radius 2 is 1.40 bits per heavy atom. The zero-order valence-corrected chi connectivity index (χ0v) is 28.2. The highest BCUT2D eigenvalue weighted by Crippen LogP contribution is 2.37. The van der Waals surface area contributed by atoms with E-state index in [0.717, 1.165) is 5.56 Å². The van der Waals surface area contributed by atoms with Crippen LogP contribution in [0.5, 0.6) is 5.75 Å². The van der Waals surface area contributed by atoms with Gasteiger partial charge in [0, 0.05) is 19.0 Å². The van der Waals surface area contributed by atoms with Crippen LogP contribution in [0.1, 0.15) is 53.0 Å². The molecule has 4 aromatic rings. The lowest BCUT2D eigenvalue weighted by Gasteiger charge is -2.39. The first kappa shape index (κ1) is 37.6. The number of rotatable bonds is 12. The van der Waals surface area contributed by atoms with Crippen LogP contribution >= 0.6 is 23.2 Å². The smallest absolute Gasteiger partial charge is 0.385 e. The molecule has 1 unspecified atom stereocenters. The fraction of sp³-hybridized carbons (Fsp3) is 0.324. The lowest BCUT2D eigenvalue weighted by molar-refractivity contribution is -0.143. The Morgan fingerprint density at radius 1 is 0.800 bits per heavy atom. The number of benzene rings is 4. The van der Waals surface area contributed by atoms with Gasteiger partial charge in [0.1, 0.15) is 0 Å². The van der Waals surface area contributed by atoms with Gasteiger partial charge in [-0.05, 0) is 85.0 Å². The minimum absolute atomic E-state index is 0.0751.